The number of primary amides is 1. The van der Waals surface area contributed by atoms with E-state index in [0.717, 1.165) is 48.1 Å². The van der Waals surface area contributed by atoms with Crippen LogP contribution in [0.1, 0.15) is 98.1 Å². The molecule has 18 nitrogen and oxygen atoms in total. The van der Waals surface area contributed by atoms with E-state index in [9.17, 15) is 32.8 Å². The number of nitrogen functional groups attached to an aromatic ring is 1. The monoisotopic (exact) mass is 1050 g/mol. The highest BCUT2D eigenvalue weighted by Gasteiger charge is 2.43. The quantitative estimate of drug-likeness (QED) is 0.0573. The fraction of sp³-hybridized carbons (Fsp3) is 0.429. The predicted octanol–water partition coefficient (Wildman–Crippen LogP) is 6.76. The molecule has 20 heteroatoms. The first-order valence-corrected chi connectivity index (χ1v) is 25.7. The van der Waals surface area contributed by atoms with Gasteiger partial charge in [0.25, 0.3) is 5.91 Å². The molecule has 8 rings (SSSR count). The van der Waals surface area contributed by atoms with Crippen LogP contribution in [-0.4, -0.2) is 114 Å². The Hall–Kier alpha value is -7.58. The summed E-state index contributed by atoms with van der Waals surface area (Å²) >= 11 is 0. The maximum Gasteiger partial charge on any atom is 0.409 e. The predicted molar refractivity (Wildman–Crippen MR) is 279 cm³/mol. The molecule has 2 aliphatic heterocycles. The number of nitrogens with two attached hydrogens (primary N) is 2. The Morgan fingerprint density at radius 2 is 1.62 bits per heavy atom. The maximum absolute atomic E-state index is 14.7. The molecule has 1 aliphatic carbocycles. The molecule has 5 aromatic rings. The third kappa shape index (κ3) is 12.7. The molecule has 1 aromatic heterocycles. The Balaban J connectivity index is 0.842. The molecule has 0 spiro atoms. The van der Waals surface area contributed by atoms with E-state index in [1.54, 1.807) is 48.0 Å². The Kier molecular flexibility index (Phi) is 17.2. The van der Waals surface area contributed by atoms with E-state index in [-0.39, 0.29) is 98.3 Å². The number of nitrogens with one attached hydrogen (secondary N) is 3. The lowest BCUT2D eigenvalue weighted by Gasteiger charge is -2.41. The van der Waals surface area contributed by atoms with Gasteiger partial charge in [0.1, 0.15) is 59.7 Å². The number of ether oxygens (including phenoxy) is 4. The van der Waals surface area contributed by atoms with E-state index in [4.69, 9.17) is 30.4 Å². The zero-order valence-corrected chi connectivity index (χ0v) is 43.5. The molecular weight excluding hydrogens is 981 g/mol. The standard InChI is InChI=1S/C56H67F2N9O9/c1-33(61-5)52(69)63-49(56(2,3)4)54(71)66-31-37-28-41(21-17-36(37)29-45(66)53(70)62-44-14-8-11-34-10-6-7-13-42(34)44)74-26-24-73-25-27-75-55(72)65-23-9-12-39(32-65)67-50(59)47(51(60)68)48(64-67)35-15-19-40(20-16-35)76-46-22-18-38(57)30-43(46)58/h6-7,10,13,15-22,28,30,33,39,44-45,49,61H,8-9,11-12,14,23-27,29,31-32,59H2,1-5H3,(H2,60,68)(H,62,70)(H,63,69)/t33-,39+,44+,45-,49+/m0/s1. The Bertz CT molecular complexity index is 2930. The molecule has 5 atom stereocenters. The van der Waals surface area contributed by atoms with E-state index < -0.39 is 53.2 Å². The first-order valence-electron chi connectivity index (χ1n) is 25.7. The summed E-state index contributed by atoms with van der Waals surface area (Å²) in [6.07, 6.45) is 3.60. The minimum absolute atomic E-state index is 0.00756. The number of halogens is 2. The molecule has 0 saturated carbocycles. The first-order chi connectivity index (χ1) is 36.4. The normalized spacial score (nSPS) is 18.1. The van der Waals surface area contributed by atoms with Gasteiger partial charge in [-0.1, -0.05) is 51.1 Å². The van der Waals surface area contributed by atoms with Crippen molar-refractivity contribution in [1.29, 1.82) is 0 Å². The van der Waals surface area contributed by atoms with Crippen molar-refractivity contribution in [3.63, 3.8) is 0 Å². The Morgan fingerprint density at radius 1 is 0.868 bits per heavy atom. The number of amides is 5. The van der Waals surface area contributed by atoms with Gasteiger partial charge in [-0.2, -0.15) is 5.10 Å². The van der Waals surface area contributed by atoms with E-state index >= 15 is 0 Å². The second-order valence-corrected chi connectivity index (χ2v) is 20.5. The number of benzene rings is 4. The number of rotatable bonds is 18. The summed E-state index contributed by atoms with van der Waals surface area (Å²) in [6.45, 7) is 8.57. The average molecular weight is 1050 g/mol. The number of aromatic nitrogens is 2. The van der Waals surface area contributed by atoms with E-state index in [1.165, 1.54) is 16.3 Å². The number of likely N-dealkylation sites (N-methyl/N-ethyl adjacent to an activating group) is 1. The van der Waals surface area contributed by atoms with E-state index in [2.05, 4.69) is 33.2 Å². The fourth-order valence-electron chi connectivity index (χ4n) is 9.96. The fourth-order valence-corrected chi connectivity index (χ4v) is 9.96. The van der Waals surface area contributed by atoms with Crippen molar-refractivity contribution in [2.24, 2.45) is 11.1 Å². The number of hydrogen-bond acceptors (Lipinski definition) is 12. The van der Waals surface area contributed by atoms with Gasteiger partial charge >= 0.3 is 6.09 Å². The Morgan fingerprint density at radius 3 is 2.36 bits per heavy atom. The van der Waals surface area contributed by atoms with Crippen LogP contribution >= 0.6 is 0 Å². The van der Waals surface area contributed by atoms with E-state index in [0.29, 0.717) is 30.7 Å². The maximum atomic E-state index is 14.7. The number of fused-ring (bicyclic) bond motifs is 2. The van der Waals surface area contributed by atoms with Crippen LogP contribution in [-0.2, 0) is 43.2 Å². The molecule has 4 aromatic carbocycles. The van der Waals surface area contributed by atoms with Gasteiger partial charge in [0.2, 0.25) is 17.7 Å². The summed E-state index contributed by atoms with van der Waals surface area (Å²) in [5.41, 5.74) is 16.3. The first kappa shape index (κ1) is 54.7. The molecule has 3 aliphatic rings. The minimum atomic E-state index is -0.920. The number of carbonyl (C=O) groups excluding carboxylic acids is 5. The highest BCUT2D eigenvalue weighted by molar-refractivity contribution is 6.03. The topological polar surface area (TPSA) is 235 Å². The summed E-state index contributed by atoms with van der Waals surface area (Å²) in [7, 11) is 1.68. The molecule has 0 radical (unpaired) electrons. The third-order valence-corrected chi connectivity index (χ3v) is 14.2. The minimum Gasteiger partial charge on any atom is -0.491 e. The van der Waals surface area contributed by atoms with Gasteiger partial charge < -0.3 is 56.2 Å². The zero-order valence-electron chi connectivity index (χ0n) is 43.5. The van der Waals surface area contributed by atoms with Crippen LogP contribution in [0, 0.1) is 17.0 Å². The number of anilines is 1. The van der Waals surface area contributed by atoms with Crippen molar-refractivity contribution in [1.82, 2.24) is 35.5 Å². The molecule has 0 unspecified atom stereocenters. The largest absolute Gasteiger partial charge is 0.491 e. The molecule has 0 bridgehead atoms. The van der Waals surface area contributed by atoms with Crippen LogP contribution < -0.4 is 36.9 Å². The van der Waals surface area contributed by atoms with Crippen LogP contribution in [0.3, 0.4) is 0 Å². The van der Waals surface area contributed by atoms with Gasteiger partial charge in [0.15, 0.2) is 11.6 Å². The lowest BCUT2D eigenvalue weighted by molar-refractivity contribution is -0.147. The summed E-state index contributed by atoms with van der Waals surface area (Å²) < 4.78 is 52.0. The van der Waals surface area contributed by atoms with Crippen LogP contribution in [0.25, 0.3) is 11.3 Å². The summed E-state index contributed by atoms with van der Waals surface area (Å²) in [5, 5.41) is 13.9. The number of hydrogen-bond donors (Lipinski definition) is 5. The van der Waals surface area contributed by atoms with Crippen molar-refractivity contribution < 1.29 is 51.7 Å². The molecule has 1 saturated heterocycles. The molecule has 1 fully saturated rings. The lowest BCUT2D eigenvalue weighted by Crippen LogP contribution is -2.62. The number of piperidine rings is 1. The van der Waals surface area contributed by atoms with Crippen molar-refractivity contribution in [3.8, 4) is 28.5 Å². The van der Waals surface area contributed by atoms with Crippen LogP contribution in [0.4, 0.5) is 19.4 Å². The van der Waals surface area contributed by atoms with Crippen LogP contribution in [0.2, 0.25) is 0 Å². The van der Waals surface area contributed by atoms with Gasteiger partial charge in [-0.15, -0.1) is 0 Å². The van der Waals surface area contributed by atoms with Gasteiger partial charge in [-0.05, 0) is 122 Å². The van der Waals surface area contributed by atoms with Crippen molar-refractivity contribution >= 4 is 35.5 Å². The van der Waals surface area contributed by atoms with Crippen LogP contribution in [0.5, 0.6) is 17.2 Å². The van der Waals surface area contributed by atoms with Gasteiger partial charge in [-0.3, -0.25) is 19.2 Å². The number of aryl methyl sites for hydroxylation is 1. The average Bonchev–Trinajstić information content (AvgIpc) is 3.83. The SMILES string of the molecule is CN[C@@H](C)C(=O)N[C@H](C(=O)N1Cc2cc(OCCOCCOC(=O)N3CCC[C@@H](n4nc(-c5ccc(Oc6ccc(F)cc6F)cc5)c(C(N)=O)c4N)C3)ccc2C[C@H]1C(=O)N[C@@H]1CCCc2ccccc21)C(C)(C)C. The van der Waals surface area contributed by atoms with Crippen molar-refractivity contribution in [2.45, 2.75) is 103 Å². The molecule has 7 N–H and O–H groups in total. The second kappa shape index (κ2) is 24.0. The number of carbonyl (C=O) groups is 5. The summed E-state index contributed by atoms with van der Waals surface area (Å²) in [6, 6.07) is 20.1. The molecule has 3 heterocycles. The molecule has 76 heavy (non-hydrogen) atoms. The highest BCUT2D eigenvalue weighted by Crippen LogP contribution is 2.36. The Labute approximate surface area is 440 Å². The van der Waals surface area contributed by atoms with Gasteiger partial charge in [0.05, 0.1) is 31.3 Å². The molecule has 404 valence electrons. The van der Waals surface area contributed by atoms with Crippen molar-refractivity contribution in [3.05, 3.63) is 124 Å². The second-order valence-electron chi connectivity index (χ2n) is 20.5. The third-order valence-electron chi connectivity index (χ3n) is 14.2. The van der Waals surface area contributed by atoms with Crippen molar-refractivity contribution in [2.75, 3.05) is 52.3 Å². The lowest BCUT2D eigenvalue weighted by atomic mass is 9.83. The van der Waals surface area contributed by atoms with Gasteiger partial charge in [-0.25, -0.2) is 18.3 Å². The number of likely N-dealkylation sites (tertiary alicyclic amines) is 1. The molecular formula is C56H67F2N9O9. The summed E-state index contributed by atoms with van der Waals surface area (Å²) in [4.78, 5) is 71.4. The number of nitrogens with zero attached hydrogens (tertiary/aromatic N) is 4. The smallest absolute Gasteiger partial charge is 0.409 e. The highest BCUT2D eigenvalue weighted by atomic mass is 19.1. The zero-order chi connectivity index (χ0) is 54.3. The van der Waals surface area contributed by atoms with E-state index in [1.807, 2.05) is 51.1 Å². The summed E-state index contributed by atoms with van der Waals surface area (Å²) in [5.74, 6) is -2.64. The van der Waals surface area contributed by atoms with Gasteiger partial charge in [0, 0.05) is 37.7 Å². The molecule has 5 amide bonds. The van der Waals surface area contributed by atoms with Crippen LogP contribution in [0.15, 0.2) is 84.9 Å².